The molecule has 4 rings (SSSR count). The number of nitrogens with zero attached hydrogens (tertiary/aromatic N) is 1. The van der Waals surface area contributed by atoms with Crippen LogP contribution in [0.2, 0.25) is 0 Å². The molecule has 7 heteroatoms. The molecule has 2 atom stereocenters. The summed E-state index contributed by atoms with van der Waals surface area (Å²) in [6.45, 7) is 3.97. The smallest absolute Gasteiger partial charge is 0.338 e. The molecule has 2 aromatic rings. The molecule has 3 amide bonds. The van der Waals surface area contributed by atoms with E-state index in [1.165, 1.54) is 4.90 Å². The molecule has 0 spiro atoms. The highest BCUT2D eigenvalue weighted by molar-refractivity contribution is 6.25. The molecule has 32 heavy (non-hydrogen) atoms. The zero-order chi connectivity index (χ0) is 22.8. The minimum Gasteiger partial charge on any atom is -0.462 e. The topological polar surface area (TPSA) is 92.8 Å². The SMILES string of the molecule is CCOC(=O)c1ccc(NC(=O)c2ccccc2N2C(=O)[C@@H]3CC=C(C)C[C@H]3C2=O)cc1. The highest BCUT2D eigenvalue weighted by atomic mass is 16.5. The van der Waals surface area contributed by atoms with Crippen LogP contribution < -0.4 is 10.2 Å². The number of ether oxygens (including phenoxy) is 1. The summed E-state index contributed by atoms with van der Waals surface area (Å²) in [7, 11) is 0. The molecule has 0 bridgehead atoms. The van der Waals surface area contributed by atoms with Crippen molar-refractivity contribution in [1.82, 2.24) is 0 Å². The lowest BCUT2D eigenvalue weighted by molar-refractivity contribution is -0.122. The van der Waals surface area contributed by atoms with Crippen LogP contribution in [0.15, 0.2) is 60.2 Å². The van der Waals surface area contributed by atoms with Crippen LogP contribution in [0.25, 0.3) is 0 Å². The normalized spacial score (nSPS) is 19.9. The van der Waals surface area contributed by atoms with E-state index < -0.39 is 11.9 Å². The molecule has 0 unspecified atom stereocenters. The Labute approximate surface area is 186 Å². The summed E-state index contributed by atoms with van der Waals surface area (Å²) in [5.41, 5.74) is 2.48. The van der Waals surface area contributed by atoms with Gasteiger partial charge >= 0.3 is 5.97 Å². The van der Waals surface area contributed by atoms with Gasteiger partial charge in [0.1, 0.15) is 0 Å². The average Bonchev–Trinajstić information content (AvgIpc) is 3.03. The Morgan fingerprint density at radius 3 is 2.44 bits per heavy atom. The quantitative estimate of drug-likeness (QED) is 0.439. The minimum atomic E-state index is -0.450. The largest absolute Gasteiger partial charge is 0.462 e. The van der Waals surface area contributed by atoms with Crippen molar-refractivity contribution >= 4 is 35.1 Å². The number of carbonyl (C=O) groups excluding carboxylic acids is 4. The van der Waals surface area contributed by atoms with Gasteiger partial charge in [-0.25, -0.2) is 9.69 Å². The summed E-state index contributed by atoms with van der Waals surface area (Å²) in [6.07, 6.45) is 3.11. The van der Waals surface area contributed by atoms with E-state index in [4.69, 9.17) is 4.74 Å². The third-order valence-corrected chi connectivity index (χ3v) is 5.87. The molecule has 0 radical (unpaired) electrons. The van der Waals surface area contributed by atoms with Crippen molar-refractivity contribution < 1.29 is 23.9 Å². The highest BCUT2D eigenvalue weighted by Crippen LogP contribution is 2.40. The van der Waals surface area contributed by atoms with E-state index in [-0.39, 0.29) is 41.5 Å². The van der Waals surface area contributed by atoms with Crippen molar-refractivity contribution in [3.63, 3.8) is 0 Å². The van der Waals surface area contributed by atoms with Gasteiger partial charge in [0.2, 0.25) is 11.8 Å². The lowest BCUT2D eigenvalue weighted by atomic mass is 9.82. The maximum Gasteiger partial charge on any atom is 0.338 e. The van der Waals surface area contributed by atoms with Gasteiger partial charge in [-0.05, 0) is 63.1 Å². The Hall–Kier alpha value is -3.74. The lowest BCUT2D eigenvalue weighted by Gasteiger charge is -2.19. The Balaban J connectivity index is 1.56. The predicted octanol–water partition coefficient (Wildman–Crippen LogP) is 3.96. The minimum absolute atomic E-state index is 0.229. The first-order valence-corrected chi connectivity index (χ1v) is 10.6. The first-order chi connectivity index (χ1) is 15.4. The van der Waals surface area contributed by atoms with Crippen molar-refractivity contribution in [2.45, 2.75) is 26.7 Å². The zero-order valence-corrected chi connectivity index (χ0v) is 18.0. The fourth-order valence-electron chi connectivity index (χ4n) is 4.24. The van der Waals surface area contributed by atoms with E-state index in [0.29, 0.717) is 24.1 Å². The van der Waals surface area contributed by atoms with Gasteiger partial charge in [0, 0.05) is 5.69 Å². The van der Waals surface area contributed by atoms with Gasteiger partial charge in [-0.3, -0.25) is 14.4 Å². The van der Waals surface area contributed by atoms with Crippen LogP contribution in [0.4, 0.5) is 11.4 Å². The maximum atomic E-state index is 13.1. The predicted molar refractivity (Wildman–Crippen MR) is 119 cm³/mol. The second-order valence-corrected chi connectivity index (χ2v) is 7.98. The number of rotatable bonds is 5. The first-order valence-electron chi connectivity index (χ1n) is 10.6. The third-order valence-electron chi connectivity index (χ3n) is 5.87. The van der Waals surface area contributed by atoms with E-state index in [0.717, 1.165) is 5.57 Å². The van der Waals surface area contributed by atoms with Crippen LogP contribution in [0.5, 0.6) is 0 Å². The average molecular weight is 432 g/mol. The molecule has 2 aliphatic rings. The number of esters is 1. The number of hydrogen-bond donors (Lipinski definition) is 1. The number of amides is 3. The zero-order valence-electron chi connectivity index (χ0n) is 18.0. The summed E-state index contributed by atoms with van der Waals surface area (Å²) >= 11 is 0. The number of hydrogen-bond acceptors (Lipinski definition) is 5. The van der Waals surface area contributed by atoms with E-state index in [2.05, 4.69) is 5.32 Å². The van der Waals surface area contributed by atoms with Crippen LogP contribution in [-0.4, -0.2) is 30.3 Å². The maximum absolute atomic E-state index is 13.1. The molecule has 0 aromatic heterocycles. The standard InChI is InChI=1S/C25H24N2O5/c1-3-32-25(31)16-9-11-17(12-10-16)26-22(28)19-6-4-5-7-21(19)27-23(29)18-13-8-15(2)14-20(18)24(27)30/h4-12,18,20H,3,13-14H2,1-2H3,(H,26,28)/t18-,20-/m1/s1. The molecule has 1 N–H and O–H groups in total. The molecule has 1 saturated heterocycles. The highest BCUT2D eigenvalue weighted by Gasteiger charge is 2.49. The summed E-state index contributed by atoms with van der Waals surface area (Å²) in [5.74, 6) is -2.16. The van der Waals surface area contributed by atoms with Crippen LogP contribution in [0.3, 0.4) is 0 Å². The molecule has 1 aliphatic carbocycles. The molecule has 1 fully saturated rings. The molecule has 1 aliphatic heterocycles. The van der Waals surface area contributed by atoms with Gasteiger partial charge in [0.25, 0.3) is 5.91 Å². The molecule has 2 aromatic carbocycles. The summed E-state index contributed by atoms with van der Waals surface area (Å²) in [6, 6.07) is 12.9. The Morgan fingerprint density at radius 2 is 1.72 bits per heavy atom. The third kappa shape index (κ3) is 3.93. The summed E-state index contributed by atoms with van der Waals surface area (Å²) < 4.78 is 4.96. The van der Waals surface area contributed by atoms with Gasteiger partial charge in [-0.2, -0.15) is 0 Å². The number of anilines is 2. The van der Waals surface area contributed by atoms with Crippen molar-refractivity contribution in [3.05, 3.63) is 71.3 Å². The van der Waals surface area contributed by atoms with E-state index in [1.807, 2.05) is 13.0 Å². The van der Waals surface area contributed by atoms with Crippen LogP contribution in [-0.2, 0) is 14.3 Å². The number of para-hydroxylation sites is 1. The van der Waals surface area contributed by atoms with E-state index >= 15 is 0 Å². The number of benzene rings is 2. The molecule has 164 valence electrons. The second-order valence-electron chi connectivity index (χ2n) is 7.98. The fraction of sp³-hybridized carbons (Fsp3) is 0.280. The number of carbonyl (C=O) groups is 4. The van der Waals surface area contributed by atoms with Gasteiger partial charge in [0.15, 0.2) is 0 Å². The van der Waals surface area contributed by atoms with Crippen LogP contribution in [0.1, 0.15) is 47.4 Å². The Bertz CT molecular complexity index is 1120. The summed E-state index contributed by atoms with van der Waals surface area (Å²) in [5, 5.41) is 2.77. The molecular weight excluding hydrogens is 408 g/mol. The summed E-state index contributed by atoms with van der Waals surface area (Å²) in [4.78, 5) is 52.1. The van der Waals surface area contributed by atoms with Crippen molar-refractivity contribution in [2.75, 3.05) is 16.8 Å². The molecule has 7 nitrogen and oxygen atoms in total. The van der Waals surface area contributed by atoms with Gasteiger partial charge in [0.05, 0.1) is 35.3 Å². The van der Waals surface area contributed by atoms with Gasteiger partial charge in [-0.1, -0.05) is 23.8 Å². The van der Waals surface area contributed by atoms with Gasteiger partial charge in [-0.15, -0.1) is 0 Å². The van der Waals surface area contributed by atoms with Crippen molar-refractivity contribution in [2.24, 2.45) is 11.8 Å². The number of fused-ring (bicyclic) bond motifs is 1. The van der Waals surface area contributed by atoms with E-state index in [9.17, 15) is 19.2 Å². The Kier molecular flexibility index (Phi) is 5.90. The second kappa shape index (κ2) is 8.78. The van der Waals surface area contributed by atoms with Crippen molar-refractivity contribution in [3.8, 4) is 0 Å². The molecule has 0 saturated carbocycles. The molecule has 1 heterocycles. The first kappa shape index (κ1) is 21.5. The fourth-order valence-corrected chi connectivity index (χ4v) is 4.24. The van der Waals surface area contributed by atoms with Crippen molar-refractivity contribution in [1.29, 1.82) is 0 Å². The lowest BCUT2D eigenvalue weighted by Crippen LogP contribution is -2.33. The molecular formula is C25H24N2O5. The number of nitrogens with one attached hydrogen (secondary N) is 1. The van der Waals surface area contributed by atoms with Gasteiger partial charge < -0.3 is 10.1 Å². The van der Waals surface area contributed by atoms with E-state index in [1.54, 1.807) is 55.5 Å². The number of imide groups is 1. The van der Waals surface area contributed by atoms with Crippen LogP contribution >= 0.6 is 0 Å². The monoisotopic (exact) mass is 432 g/mol. The Morgan fingerprint density at radius 1 is 1.03 bits per heavy atom. The van der Waals surface area contributed by atoms with Crippen LogP contribution in [0, 0.1) is 11.8 Å². The number of allylic oxidation sites excluding steroid dienone is 2.